The molecular weight excluding hydrogens is 613 g/mol. The molecule has 0 bridgehead atoms. The molecule has 3 heterocycles. The molecule has 0 atom stereocenters. The Balaban J connectivity index is 1.16. The third-order valence-electron chi connectivity index (χ3n) is 8.91. The Morgan fingerprint density at radius 3 is 1.70 bits per heavy atom. The van der Waals surface area contributed by atoms with Crippen LogP contribution in [0.15, 0.2) is 158 Å². The molecule has 0 radical (unpaired) electrons. The fraction of sp³-hybridized carbons (Fsp3) is 0. The van der Waals surface area contributed by atoms with Gasteiger partial charge in [0.2, 0.25) is 0 Å². The molecule has 0 aliphatic rings. The Morgan fingerprint density at radius 2 is 1.02 bits per heavy atom. The van der Waals surface area contributed by atoms with E-state index in [0.717, 1.165) is 71.7 Å². The van der Waals surface area contributed by atoms with Gasteiger partial charge in [0.15, 0.2) is 23.2 Å². The zero-order valence-electron chi connectivity index (χ0n) is 26.7. The van der Waals surface area contributed by atoms with Crippen molar-refractivity contribution >= 4 is 38.4 Å². The SMILES string of the molecule is [C-]#[N+]c1ccc2cc3cc(-c4cccc(-c5cccc(-c6nc(-c7ccccc7)nc(-c7ccccc7)n6)c5)c4)c4cccnc4c3nc2c1. The van der Waals surface area contributed by atoms with E-state index in [1.54, 1.807) is 0 Å². The molecule has 3 aromatic heterocycles. The predicted molar refractivity (Wildman–Crippen MR) is 201 cm³/mol. The third kappa shape index (κ3) is 5.29. The van der Waals surface area contributed by atoms with Gasteiger partial charge in [-0.15, -0.1) is 0 Å². The van der Waals surface area contributed by atoms with Gasteiger partial charge in [-0.25, -0.2) is 24.8 Å². The molecule has 0 fully saturated rings. The van der Waals surface area contributed by atoms with Crippen LogP contribution in [-0.2, 0) is 0 Å². The molecule has 0 unspecified atom stereocenters. The summed E-state index contributed by atoms with van der Waals surface area (Å²) in [6, 6.07) is 51.0. The molecule has 9 aromatic rings. The summed E-state index contributed by atoms with van der Waals surface area (Å²) in [5.41, 5.74) is 10.1. The lowest BCUT2D eigenvalue weighted by Crippen LogP contribution is -2.00. The van der Waals surface area contributed by atoms with Crippen LogP contribution in [0.2, 0.25) is 0 Å². The summed E-state index contributed by atoms with van der Waals surface area (Å²) in [5.74, 6) is 1.88. The summed E-state index contributed by atoms with van der Waals surface area (Å²) >= 11 is 0. The summed E-state index contributed by atoms with van der Waals surface area (Å²) < 4.78 is 0. The van der Waals surface area contributed by atoms with E-state index in [1.807, 2.05) is 97.2 Å². The fourth-order valence-electron chi connectivity index (χ4n) is 6.47. The number of nitrogens with zero attached hydrogens (tertiary/aromatic N) is 6. The first kappa shape index (κ1) is 29.1. The molecule has 6 aromatic carbocycles. The van der Waals surface area contributed by atoms with E-state index < -0.39 is 0 Å². The molecule has 50 heavy (non-hydrogen) atoms. The zero-order valence-corrected chi connectivity index (χ0v) is 26.7. The van der Waals surface area contributed by atoms with Gasteiger partial charge in [0.25, 0.3) is 0 Å². The van der Waals surface area contributed by atoms with E-state index in [0.29, 0.717) is 23.2 Å². The highest BCUT2D eigenvalue weighted by Gasteiger charge is 2.15. The number of benzene rings is 6. The number of rotatable bonds is 5. The first-order chi connectivity index (χ1) is 24.7. The minimum atomic E-state index is 0.572. The first-order valence-electron chi connectivity index (χ1n) is 16.3. The van der Waals surface area contributed by atoms with Gasteiger partial charge in [0.05, 0.1) is 23.1 Å². The normalized spacial score (nSPS) is 11.2. The van der Waals surface area contributed by atoms with Crippen LogP contribution in [0.4, 0.5) is 5.69 Å². The minimum Gasteiger partial charge on any atom is -0.254 e. The molecule has 6 nitrogen and oxygen atoms in total. The summed E-state index contributed by atoms with van der Waals surface area (Å²) in [6.07, 6.45) is 1.81. The second-order valence-corrected chi connectivity index (χ2v) is 12.1. The van der Waals surface area contributed by atoms with Gasteiger partial charge in [0.1, 0.15) is 0 Å². The van der Waals surface area contributed by atoms with Crippen LogP contribution in [0.3, 0.4) is 0 Å². The molecule has 0 aliphatic heterocycles. The van der Waals surface area contributed by atoms with E-state index in [2.05, 4.69) is 65.5 Å². The van der Waals surface area contributed by atoms with Gasteiger partial charge in [-0.3, -0.25) is 4.98 Å². The molecule has 6 heteroatoms. The van der Waals surface area contributed by atoms with Gasteiger partial charge in [-0.1, -0.05) is 115 Å². The molecule has 0 saturated heterocycles. The zero-order chi connectivity index (χ0) is 33.4. The van der Waals surface area contributed by atoms with Crippen LogP contribution in [0.5, 0.6) is 0 Å². The quantitative estimate of drug-likeness (QED) is 0.107. The number of fused-ring (bicyclic) bond motifs is 4. The Kier molecular flexibility index (Phi) is 7.07. The molecule has 0 N–H and O–H groups in total. The highest BCUT2D eigenvalue weighted by Crippen LogP contribution is 2.37. The average Bonchev–Trinajstić information content (AvgIpc) is 3.20. The molecular formula is C44H26N6. The smallest absolute Gasteiger partial charge is 0.189 e. The number of hydrogen-bond donors (Lipinski definition) is 0. The van der Waals surface area contributed by atoms with E-state index in [4.69, 9.17) is 31.5 Å². The van der Waals surface area contributed by atoms with Crippen molar-refractivity contribution in [1.82, 2.24) is 24.9 Å². The average molecular weight is 639 g/mol. The summed E-state index contributed by atoms with van der Waals surface area (Å²) in [7, 11) is 0. The topological polar surface area (TPSA) is 68.8 Å². The lowest BCUT2D eigenvalue weighted by molar-refractivity contribution is 1.07. The summed E-state index contributed by atoms with van der Waals surface area (Å²) in [4.78, 5) is 28.1. The van der Waals surface area contributed by atoms with Crippen molar-refractivity contribution in [1.29, 1.82) is 0 Å². The van der Waals surface area contributed by atoms with Gasteiger partial charge in [-0.05, 0) is 64.0 Å². The van der Waals surface area contributed by atoms with Gasteiger partial charge in [-0.2, -0.15) is 0 Å². The van der Waals surface area contributed by atoms with Crippen LogP contribution in [0, 0.1) is 6.57 Å². The second kappa shape index (κ2) is 12.2. The largest absolute Gasteiger partial charge is 0.254 e. The van der Waals surface area contributed by atoms with Crippen molar-refractivity contribution in [3.05, 3.63) is 169 Å². The van der Waals surface area contributed by atoms with Crippen molar-refractivity contribution in [2.75, 3.05) is 0 Å². The molecule has 0 spiro atoms. The van der Waals surface area contributed by atoms with Gasteiger partial charge >= 0.3 is 0 Å². The highest BCUT2D eigenvalue weighted by molar-refractivity contribution is 6.12. The predicted octanol–water partition coefficient (Wildman–Crippen LogP) is 11.0. The Labute approximate surface area is 288 Å². The minimum absolute atomic E-state index is 0.572. The lowest BCUT2D eigenvalue weighted by atomic mass is 9.94. The number of pyridine rings is 2. The van der Waals surface area contributed by atoms with Gasteiger partial charge < -0.3 is 0 Å². The van der Waals surface area contributed by atoms with Crippen LogP contribution in [-0.4, -0.2) is 24.9 Å². The van der Waals surface area contributed by atoms with Crippen LogP contribution >= 0.6 is 0 Å². The maximum Gasteiger partial charge on any atom is 0.189 e. The van der Waals surface area contributed by atoms with Crippen molar-refractivity contribution in [3.8, 4) is 56.4 Å². The molecule has 0 saturated carbocycles. The third-order valence-corrected chi connectivity index (χ3v) is 8.91. The van der Waals surface area contributed by atoms with E-state index >= 15 is 0 Å². The van der Waals surface area contributed by atoms with Crippen LogP contribution in [0.1, 0.15) is 0 Å². The number of aromatic nitrogens is 5. The molecule has 0 amide bonds. The van der Waals surface area contributed by atoms with Crippen LogP contribution < -0.4 is 0 Å². The summed E-state index contributed by atoms with van der Waals surface area (Å²) in [5, 5.41) is 3.01. The maximum atomic E-state index is 7.43. The highest BCUT2D eigenvalue weighted by atomic mass is 15.0. The molecule has 232 valence electrons. The first-order valence-corrected chi connectivity index (χ1v) is 16.3. The standard InChI is InChI=1S/C44H26N6/c1-45-36-21-20-33-25-35-26-38(37-19-10-22-46-41(37)40(35)47-39(33)27-36)32-17-8-15-30(23-32)31-16-9-18-34(24-31)44-49-42(28-11-4-2-5-12-28)48-43(50-44)29-13-6-3-7-14-29/h2-27H. The Morgan fingerprint density at radius 1 is 0.420 bits per heavy atom. The Hall–Kier alpha value is -7.10. The molecule has 0 aliphatic carbocycles. The van der Waals surface area contributed by atoms with Crippen molar-refractivity contribution < 1.29 is 0 Å². The van der Waals surface area contributed by atoms with E-state index in [1.165, 1.54) is 0 Å². The fourth-order valence-corrected chi connectivity index (χ4v) is 6.47. The Bertz CT molecular complexity index is 2710. The maximum absolute atomic E-state index is 7.43. The lowest BCUT2D eigenvalue weighted by Gasteiger charge is -2.13. The van der Waals surface area contributed by atoms with Gasteiger partial charge in [0, 0.05) is 33.7 Å². The van der Waals surface area contributed by atoms with Crippen molar-refractivity contribution in [2.24, 2.45) is 0 Å². The van der Waals surface area contributed by atoms with Crippen LogP contribution in [0.25, 0.3) is 94.0 Å². The van der Waals surface area contributed by atoms with E-state index in [9.17, 15) is 0 Å². The monoisotopic (exact) mass is 638 g/mol. The van der Waals surface area contributed by atoms with Crippen molar-refractivity contribution in [2.45, 2.75) is 0 Å². The number of hydrogen-bond acceptors (Lipinski definition) is 5. The van der Waals surface area contributed by atoms with E-state index in [-0.39, 0.29) is 0 Å². The second-order valence-electron chi connectivity index (χ2n) is 12.1. The van der Waals surface area contributed by atoms with Crippen molar-refractivity contribution in [3.63, 3.8) is 0 Å². The molecule has 9 rings (SSSR count). The summed E-state index contributed by atoms with van der Waals surface area (Å²) in [6.45, 7) is 7.43.